The molecule has 1 aliphatic carbocycles. The highest BCUT2D eigenvalue weighted by Crippen LogP contribution is 2.50. The molecule has 1 fully saturated rings. The Labute approximate surface area is 144 Å². The number of benzene rings is 1. The molecule has 0 spiro atoms. The monoisotopic (exact) mass is 351 g/mol. The van der Waals surface area contributed by atoms with Gasteiger partial charge >= 0.3 is 5.97 Å². The van der Waals surface area contributed by atoms with Crippen LogP contribution in [0.4, 0.5) is 0 Å². The molecule has 0 radical (unpaired) electrons. The number of Topliss-reactive ketones (excluding diaryl/α,β-unsaturated/α-hetero) is 1. The molecule has 0 heterocycles. The number of hydrogen-bond donors (Lipinski definition) is 1. The van der Waals surface area contributed by atoms with E-state index in [0.29, 0.717) is 6.42 Å². The van der Waals surface area contributed by atoms with Crippen molar-refractivity contribution in [3.05, 3.63) is 33.9 Å². The summed E-state index contributed by atoms with van der Waals surface area (Å²) in [6, 6.07) is 4.52. The lowest BCUT2D eigenvalue weighted by Gasteiger charge is -2.32. The summed E-state index contributed by atoms with van der Waals surface area (Å²) < 4.78 is 10.1. The largest absolute Gasteiger partial charge is 0.504 e. The first-order valence-corrected chi connectivity index (χ1v) is 8.06. The fourth-order valence-electron chi connectivity index (χ4n) is 3.53. The first-order chi connectivity index (χ1) is 11.9. The average molecular weight is 351 g/mol. The molecule has 0 amide bonds. The van der Waals surface area contributed by atoms with Gasteiger partial charge in [-0.05, 0) is 25.8 Å². The lowest BCUT2D eigenvalue weighted by Crippen LogP contribution is -2.45. The van der Waals surface area contributed by atoms with Crippen LogP contribution >= 0.6 is 0 Å². The summed E-state index contributed by atoms with van der Waals surface area (Å²) in [5.74, 6) is -2.48. The Hall–Kier alpha value is -2.64. The first kappa shape index (κ1) is 18.7. The maximum Gasteiger partial charge on any atom is 0.320 e. The van der Waals surface area contributed by atoms with Crippen molar-refractivity contribution in [2.24, 2.45) is 5.41 Å². The number of phenols is 1. The molecule has 1 aliphatic rings. The number of nitrogens with zero attached hydrogens (tertiary/aromatic N) is 1. The van der Waals surface area contributed by atoms with E-state index in [0.717, 1.165) is 0 Å². The number of aromatic hydroxyl groups is 1. The number of nitro groups is 1. The number of carbonyl (C=O) groups is 2. The van der Waals surface area contributed by atoms with Crippen LogP contribution in [0.25, 0.3) is 0 Å². The second kappa shape index (κ2) is 7.50. The van der Waals surface area contributed by atoms with Crippen molar-refractivity contribution in [2.45, 2.75) is 32.1 Å². The maximum absolute atomic E-state index is 12.7. The van der Waals surface area contributed by atoms with Gasteiger partial charge in [-0.15, -0.1) is 0 Å². The zero-order valence-electron chi connectivity index (χ0n) is 14.2. The fourth-order valence-corrected chi connectivity index (χ4v) is 3.53. The van der Waals surface area contributed by atoms with Gasteiger partial charge in [0.05, 0.1) is 19.6 Å². The van der Waals surface area contributed by atoms with Gasteiger partial charge in [0.2, 0.25) is 6.54 Å². The van der Waals surface area contributed by atoms with Crippen molar-refractivity contribution in [2.75, 3.05) is 20.3 Å². The van der Waals surface area contributed by atoms with Crippen molar-refractivity contribution in [3.8, 4) is 11.5 Å². The summed E-state index contributed by atoms with van der Waals surface area (Å²) in [6.07, 6.45) is 0.744. The Morgan fingerprint density at radius 2 is 2.20 bits per heavy atom. The van der Waals surface area contributed by atoms with Crippen molar-refractivity contribution in [3.63, 3.8) is 0 Å². The highest BCUT2D eigenvalue weighted by Gasteiger charge is 2.58. The van der Waals surface area contributed by atoms with Gasteiger partial charge in [-0.25, -0.2) is 0 Å². The molecule has 0 unspecified atom stereocenters. The van der Waals surface area contributed by atoms with Crippen molar-refractivity contribution in [1.82, 2.24) is 0 Å². The number of rotatable bonds is 7. The quantitative estimate of drug-likeness (QED) is 0.346. The standard InChI is InChI=1S/C17H21NO7/c1-3-25-16(21)17(9-5-8-14(17)19)12(10-18(22)23)11-6-4-7-13(24-2)15(11)20/h4,6-7,12,20H,3,5,8-10H2,1-2H3/t12-,17+/m1/s1. The molecule has 8 nitrogen and oxygen atoms in total. The minimum atomic E-state index is -1.66. The van der Waals surface area contributed by atoms with Gasteiger partial charge in [-0.1, -0.05) is 12.1 Å². The third kappa shape index (κ3) is 3.29. The van der Waals surface area contributed by atoms with Gasteiger partial charge < -0.3 is 14.6 Å². The average Bonchev–Trinajstić information content (AvgIpc) is 2.95. The minimum absolute atomic E-state index is 0.0587. The molecule has 25 heavy (non-hydrogen) atoms. The van der Waals surface area contributed by atoms with Gasteiger partial charge in [0.1, 0.15) is 5.41 Å². The van der Waals surface area contributed by atoms with Gasteiger partial charge in [0.25, 0.3) is 0 Å². The predicted molar refractivity (Wildman–Crippen MR) is 87.2 cm³/mol. The topological polar surface area (TPSA) is 116 Å². The van der Waals surface area contributed by atoms with E-state index in [1.807, 2.05) is 0 Å². The second-order valence-corrected chi connectivity index (χ2v) is 5.93. The molecule has 136 valence electrons. The second-order valence-electron chi connectivity index (χ2n) is 5.93. The molecule has 1 aromatic rings. The van der Waals surface area contributed by atoms with Crippen LogP contribution in [0.15, 0.2) is 18.2 Å². The van der Waals surface area contributed by atoms with E-state index in [2.05, 4.69) is 0 Å². The molecule has 0 bridgehead atoms. The summed E-state index contributed by atoms with van der Waals surface area (Å²) in [5, 5.41) is 21.7. The van der Waals surface area contributed by atoms with E-state index >= 15 is 0 Å². The van der Waals surface area contributed by atoms with E-state index in [1.165, 1.54) is 19.2 Å². The first-order valence-electron chi connectivity index (χ1n) is 8.06. The Balaban J connectivity index is 2.64. The Morgan fingerprint density at radius 3 is 2.72 bits per heavy atom. The molecule has 2 atom stereocenters. The van der Waals surface area contributed by atoms with Crippen LogP contribution < -0.4 is 4.74 Å². The molecule has 1 N–H and O–H groups in total. The predicted octanol–water partition coefficient (Wildman–Crippen LogP) is 2.06. The van der Waals surface area contributed by atoms with Crippen molar-refractivity contribution in [1.29, 1.82) is 0 Å². The molecule has 0 aliphatic heterocycles. The number of phenolic OH excluding ortho intramolecular Hbond substituents is 1. The van der Waals surface area contributed by atoms with Crippen molar-refractivity contribution < 1.29 is 29.1 Å². The van der Waals surface area contributed by atoms with Crippen LogP contribution in [0.5, 0.6) is 11.5 Å². The zero-order chi connectivity index (χ0) is 18.6. The molecule has 0 aromatic heterocycles. The van der Waals surface area contributed by atoms with Crippen LogP contribution in [0, 0.1) is 15.5 Å². The van der Waals surface area contributed by atoms with Gasteiger partial charge in [-0.2, -0.15) is 0 Å². The molecule has 1 aromatic carbocycles. The van der Waals surface area contributed by atoms with Crippen LogP contribution in [0.2, 0.25) is 0 Å². The number of ketones is 1. The maximum atomic E-state index is 12.7. The molecule has 1 saturated carbocycles. The Bertz CT molecular complexity index is 688. The summed E-state index contributed by atoms with van der Waals surface area (Å²) in [4.78, 5) is 36.0. The molecule has 2 rings (SSSR count). The van der Waals surface area contributed by atoms with Gasteiger partial charge in [0.15, 0.2) is 17.3 Å². The third-order valence-corrected chi connectivity index (χ3v) is 4.66. The minimum Gasteiger partial charge on any atom is -0.504 e. The highest BCUT2D eigenvalue weighted by molar-refractivity contribution is 6.06. The van der Waals surface area contributed by atoms with Gasteiger partial charge in [-0.3, -0.25) is 19.7 Å². The normalized spacial score (nSPS) is 21.0. The van der Waals surface area contributed by atoms with E-state index in [-0.39, 0.29) is 42.3 Å². The van der Waals surface area contributed by atoms with Crippen LogP contribution in [0.3, 0.4) is 0 Å². The Kier molecular flexibility index (Phi) is 5.61. The smallest absolute Gasteiger partial charge is 0.320 e. The molecular weight excluding hydrogens is 330 g/mol. The van der Waals surface area contributed by atoms with Gasteiger partial charge in [0, 0.05) is 16.9 Å². The van der Waals surface area contributed by atoms with E-state index in [1.54, 1.807) is 13.0 Å². The number of esters is 1. The number of ether oxygens (including phenoxy) is 2. The van der Waals surface area contributed by atoms with Crippen molar-refractivity contribution >= 4 is 11.8 Å². The molecule has 0 saturated heterocycles. The zero-order valence-corrected chi connectivity index (χ0v) is 14.2. The summed E-state index contributed by atoms with van der Waals surface area (Å²) in [6.45, 7) is 0.991. The van der Waals surface area contributed by atoms with Crippen LogP contribution in [0.1, 0.15) is 37.7 Å². The van der Waals surface area contributed by atoms with Crippen LogP contribution in [-0.2, 0) is 14.3 Å². The molecular formula is C17H21NO7. The number of methoxy groups -OCH3 is 1. The SMILES string of the molecule is CCOC(=O)[C@]1([C@H](C[N+](=O)[O-])c2cccc(OC)c2O)CCCC1=O. The highest BCUT2D eigenvalue weighted by atomic mass is 16.6. The number of carbonyl (C=O) groups excluding carboxylic acids is 2. The molecule has 8 heteroatoms. The third-order valence-electron chi connectivity index (χ3n) is 4.66. The van der Waals surface area contributed by atoms with E-state index in [9.17, 15) is 24.8 Å². The number of para-hydroxylation sites is 1. The van der Waals surface area contributed by atoms with E-state index in [4.69, 9.17) is 9.47 Å². The summed E-state index contributed by atoms with van der Waals surface area (Å²) >= 11 is 0. The fraction of sp³-hybridized carbons (Fsp3) is 0.529. The summed E-state index contributed by atoms with van der Waals surface area (Å²) in [7, 11) is 1.35. The lowest BCUT2D eigenvalue weighted by atomic mass is 9.69. The lowest BCUT2D eigenvalue weighted by molar-refractivity contribution is -0.485. The summed E-state index contributed by atoms with van der Waals surface area (Å²) in [5.41, 5.74) is -1.52. The van der Waals surface area contributed by atoms with E-state index < -0.39 is 28.8 Å². The Morgan fingerprint density at radius 1 is 1.48 bits per heavy atom. The van der Waals surface area contributed by atoms with Crippen LogP contribution in [-0.4, -0.2) is 42.0 Å². The number of hydrogen-bond acceptors (Lipinski definition) is 7.